The molecule has 2 unspecified atom stereocenters. The molecule has 2 nitrogen and oxygen atoms in total. The lowest BCUT2D eigenvalue weighted by Gasteiger charge is -2.22. The zero-order valence-electron chi connectivity index (χ0n) is 10.1. The van der Waals surface area contributed by atoms with Gasteiger partial charge in [0.2, 0.25) is 0 Å². The molecule has 1 aromatic carbocycles. The van der Waals surface area contributed by atoms with E-state index in [1.54, 1.807) is 0 Å². The number of hydrogen-bond acceptors (Lipinski definition) is 3. The van der Waals surface area contributed by atoms with Gasteiger partial charge in [0.15, 0.2) is 0 Å². The van der Waals surface area contributed by atoms with Crippen molar-refractivity contribution in [2.75, 3.05) is 12.3 Å². The highest BCUT2D eigenvalue weighted by atomic mass is 32.2. The maximum absolute atomic E-state index is 6.36. The molecule has 3 N–H and O–H groups in total. The van der Waals surface area contributed by atoms with Crippen LogP contribution in [0.1, 0.15) is 36.4 Å². The quantitative estimate of drug-likeness (QED) is 0.844. The number of thioether (sulfide) groups is 1. The van der Waals surface area contributed by atoms with Crippen molar-refractivity contribution in [2.45, 2.75) is 42.7 Å². The van der Waals surface area contributed by atoms with Gasteiger partial charge in [-0.05, 0) is 55.2 Å². The number of fused-ring (bicyclic) bond motifs is 1. The Kier molecular flexibility index (Phi) is 3.41. The van der Waals surface area contributed by atoms with Crippen molar-refractivity contribution < 1.29 is 0 Å². The minimum atomic E-state index is 0.162. The van der Waals surface area contributed by atoms with Crippen LogP contribution < -0.4 is 11.1 Å². The first-order valence-corrected chi connectivity index (χ1v) is 7.58. The fourth-order valence-electron chi connectivity index (χ4n) is 2.84. The second-order valence-corrected chi connectivity index (χ2v) is 6.18. The molecular weight excluding hydrogens is 228 g/mol. The number of hydrogen-bond donors (Lipinski definition) is 2. The van der Waals surface area contributed by atoms with Crippen LogP contribution in [0.25, 0.3) is 0 Å². The maximum Gasteiger partial charge on any atom is 0.0450 e. The zero-order valence-corrected chi connectivity index (χ0v) is 10.9. The lowest BCUT2D eigenvalue weighted by molar-refractivity contribution is 0.500. The van der Waals surface area contributed by atoms with E-state index in [4.69, 9.17) is 5.73 Å². The molecule has 2 aliphatic heterocycles. The monoisotopic (exact) mass is 248 g/mol. The molecule has 3 rings (SSSR count). The molecule has 2 heterocycles. The second kappa shape index (κ2) is 5.01. The third kappa shape index (κ3) is 2.37. The lowest BCUT2D eigenvalue weighted by atomic mass is 9.96. The molecule has 1 aromatic rings. The highest BCUT2D eigenvalue weighted by Gasteiger charge is 2.23. The third-order valence-electron chi connectivity index (χ3n) is 3.85. The summed E-state index contributed by atoms with van der Waals surface area (Å²) >= 11 is 1.98. The Morgan fingerprint density at radius 1 is 1.35 bits per heavy atom. The largest absolute Gasteiger partial charge is 0.323 e. The molecule has 0 radical (unpaired) electrons. The minimum absolute atomic E-state index is 0.162. The van der Waals surface area contributed by atoms with Gasteiger partial charge in [-0.3, -0.25) is 0 Å². The number of benzene rings is 1. The molecule has 1 fully saturated rings. The Morgan fingerprint density at radius 2 is 2.29 bits per heavy atom. The minimum Gasteiger partial charge on any atom is -0.323 e. The molecule has 1 saturated heterocycles. The van der Waals surface area contributed by atoms with Gasteiger partial charge in [0.25, 0.3) is 0 Å². The number of nitrogens with one attached hydrogen (secondary N) is 1. The first-order chi connectivity index (χ1) is 8.34. The summed E-state index contributed by atoms with van der Waals surface area (Å²) in [5.41, 5.74) is 9.18. The average Bonchev–Trinajstić information content (AvgIpc) is 2.91. The van der Waals surface area contributed by atoms with E-state index in [0.717, 1.165) is 6.54 Å². The average molecular weight is 248 g/mol. The Labute approximate surface area is 107 Å². The first-order valence-electron chi connectivity index (χ1n) is 6.59. The highest BCUT2D eigenvalue weighted by molar-refractivity contribution is 7.99. The van der Waals surface area contributed by atoms with Crippen molar-refractivity contribution in [1.29, 1.82) is 0 Å². The van der Waals surface area contributed by atoms with Crippen molar-refractivity contribution in [3.8, 4) is 0 Å². The Morgan fingerprint density at radius 3 is 3.12 bits per heavy atom. The van der Waals surface area contributed by atoms with Crippen LogP contribution in [0.15, 0.2) is 23.1 Å². The van der Waals surface area contributed by atoms with E-state index in [-0.39, 0.29) is 6.04 Å². The SMILES string of the molecule is NC(c1ccc2c(c1)CCCS2)C1CCCN1. The summed E-state index contributed by atoms with van der Waals surface area (Å²) in [6.07, 6.45) is 5.01. The summed E-state index contributed by atoms with van der Waals surface area (Å²) in [6, 6.07) is 7.47. The molecule has 2 aliphatic rings. The molecule has 0 amide bonds. The van der Waals surface area contributed by atoms with Gasteiger partial charge < -0.3 is 11.1 Å². The topological polar surface area (TPSA) is 38.0 Å². The van der Waals surface area contributed by atoms with E-state index in [1.165, 1.54) is 47.5 Å². The van der Waals surface area contributed by atoms with Crippen molar-refractivity contribution >= 4 is 11.8 Å². The van der Waals surface area contributed by atoms with Gasteiger partial charge in [0.05, 0.1) is 0 Å². The molecule has 0 saturated carbocycles. The Bertz CT molecular complexity index is 399. The summed E-state index contributed by atoms with van der Waals surface area (Å²) in [4.78, 5) is 1.46. The van der Waals surface area contributed by atoms with E-state index in [9.17, 15) is 0 Å². The normalized spacial score (nSPS) is 25.6. The van der Waals surface area contributed by atoms with E-state index >= 15 is 0 Å². The summed E-state index contributed by atoms with van der Waals surface area (Å²) in [6.45, 7) is 1.12. The van der Waals surface area contributed by atoms with Gasteiger partial charge in [-0.15, -0.1) is 11.8 Å². The van der Waals surface area contributed by atoms with Gasteiger partial charge in [-0.25, -0.2) is 0 Å². The summed E-state index contributed by atoms with van der Waals surface area (Å²) in [5.74, 6) is 1.27. The van der Waals surface area contributed by atoms with Crippen LogP contribution in [0.5, 0.6) is 0 Å². The van der Waals surface area contributed by atoms with Gasteiger partial charge in [-0.1, -0.05) is 12.1 Å². The zero-order chi connectivity index (χ0) is 11.7. The van der Waals surface area contributed by atoms with Crippen molar-refractivity contribution in [3.05, 3.63) is 29.3 Å². The van der Waals surface area contributed by atoms with Gasteiger partial charge >= 0.3 is 0 Å². The maximum atomic E-state index is 6.36. The van der Waals surface area contributed by atoms with E-state index in [1.807, 2.05) is 11.8 Å². The van der Waals surface area contributed by atoms with Crippen LogP contribution in [0.3, 0.4) is 0 Å². The van der Waals surface area contributed by atoms with Crippen molar-refractivity contribution in [3.63, 3.8) is 0 Å². The van der Waals surface area contributed by atoms with Crippen molar-refractivity contribution in [2.24, 2.45) is 5.73 Å². The van der Waals surface area contributed by atoms with Gasteiger partial charge in [0, 0.05) is 17.0 Å². The smallest absolute Gasteiger partial charge is 0.0450 e. The molecule has 2 atom stereocenters. The molecule has 3 heteroatoms. The van der Waals surface area contributed by atoms with Crippen LogP contribution in [0.4, 0.5) is 0 Å². The third-order valence-corrected chi connectivity index (χ3v) is 5.05. The summed E-state index contributed by atoms with van der Waals surface area (Å²) < 4.78 is 0. The number of rotatable bonds is 2. The van der Waals surface area contributed by atoms with Gasteiger partial charge in [0.1, 0.15) is 0 Å². The fourth-order valence-corrected chi connectivity index (χ4v) is 3.86. The van der Waals surface area contributed by atoms with E-state index in [2.05, 4.69) is 23.5 Å². The number of nitrogens with two attached hydrogens (primary N) is 1. The van der Waals surface area contributed by atoms with E-state index in [0.29, 0.717) is 6.04 Å². The first kappa shape index (κ1) is 11.6. The van der Waals surface area contributed by atoms with Crippen LogP contribution >= 0.6 is 11.8 Å². The molecule has 0 spiro atoms. The van der Waals surface area contributed by atoms with Gasteiger partial charge in [-0.2, -0.15) is 0 Å². The summed E-state index contributed by atoms with van der Waals surface area (Å²) in [7, 11) is 0. The molecule has 0 aromatic heterocycles. The predicted octanol–water partition coefficient (Wildman–Crippen LogP) is 2.48. The summed E-state index contributed by atoms with van der Waals surface area (Å²) in [5, 5.41) is 3.50. The van der Waals surface area contributed by atoms with E-state index < -0.39 is 0 Å². The van der Waals surface area contributed by atoms with Crippen molar-refractivity contribution in [1.82, 2.24) is 5.32 Å². The molecule has 17 heavy (non-hydrogen) atoms. The Balaban J connectivity index is 1.82. The molecular formula is C14H20N2S. The molecule has 92 valence electrons. The molecule has 0 bridgehead atoms. The van der Waals surface area contributed by atoms with Crippen LogP contribution in [-0.2, 0) is 6.42 Å². The standard InChI is InChI=1S/C14H20N2S/c15-14(12-4-1-7-16-12)11-5-6-13-10(9-11)3-2-8-17-13/h5-6,9,12,14,16H,1-4,7-8,15H2. The lowest BCUT2D eigenvalue weighted by Crippen LogP contribution is -2.34. The number of aryl methyl sites for hydroxylation is 1. The van der Waals surface area contributed by atoms with Crippen LogP contribution in [0.2, 0.25) is 0 Å². The fraction of sp³-hybridized carbons (Fsp3) is 0.571. The van der Waals surface area contributed by atoms with Crippen LogP contribution in [-0.4, -0.2) is 18.3 Å². The predicted molar refractivity (Wildman–Crippen MR) is 73.4 cm³/mol. The second-order valence-electron chi connectivity index (χ2n) is 5.05. The Hall–Kier alpha value is -0.510. The van der Waals surface area contributed by atoms with Crippen LogP contribution in [0, 0.1) is 0 Å². The molecule has 0 aliphatic carbocycles. The highest BCUT2D eigenvalue weighted by Crippen LogP contribution is 2.32.